The molecule has 0 spiro atoms. The molecule has 1 aliphatic carbocycles. The van der Waals surface area contributed by atoms with Crippen LogP contribution in [0.15, 0.2) is 114 Å². The molecule has 2 aromatic heterocycles. The smallest absolute Gasteiger partial charge is 0.164 e. The third-order valence-electron chi connectivity index (χ3n) is 6.84. The maximum absolute atomic E-state index is 6.37. The van der Waals surface area contributed by atoms with Crippen LogP contribution in [0.4, 0.5) is 0 Å². The summed E-state index contributed by atoms with van der Waals surface area (Å²) in [5, 5.41) is 2.54. The Morgan fingerprint density at radius 3 is 2.21 bits per heavy atom. The molecule has 0 fully saturated rings. The van der Waals surface area contributed by atoms with E-state index < -0.39 is 0 Å². The van der Waals surface area contributed by atoms with Crippen LogP contribution in [0, 0.1) is 0 Å². The lowest BCUT2D eigenvalue weighted by Gasteiger charge is -2.11. The number of fused-ring (bicyclic) bond motifs is 3. The minimum absolute atomic E-state index is 0.602. The Hall–Kier alpha value is -4.54. The van der Waals surface area contributed by atoms with Gasteiger partial charge in [0.25, 0.3) is 0 Å². The zero-order valence-corrected chi connectivity index (χ0v) is 21.2. The van der Waals surface area contributed by atoms with Gasteiger partial charge in [0.2, 0.25) is 0 Å². The predicted molar refractivity (Wildman–Crippen MR) is 155 cm³/mol. The van der Waals surface area contributed by atoms with Crippen molar-refractivity contribution in [3.63, 3.8) is 0 Å². The largest absolute Gasteiger partial charge is 0.456 e. The third-order valence-corrected chi connectivity index (χ3v) is 7.07. The van der Waals surface area contributed by atoms with E-state index in [4.69, 9.17) is 31.0 Å². The molecule has 0 amide bonds. The summed E-state index contributed by atoms with van der Waals surface area (Å²) in [7, 11) is 0. The molecule has 4 aromatic carbocycles. The zero-order valence-electron chi connectivity index (χ0n) is 20.4. The highest BCUT2D eigenvalue weighted by Crippen LogP contribution is 2.37. The topological polar surface area (TPSA) is 51.8 Å². The van der Waals surface area contributed by atoms with Gasteiger partial charge in [0.05, 0.1) is 0 Å². The monoisotopic (exact) mass is 511 g/mol. The van der Waals surface area contributed by atoms with Crippen LogP contribution >= 0.6 is 11.6 Å². The predicted octanol–water partition coefficient (Wildman–Crippen LogP) is 9.16. The van der Waals surface area contributed by atoms with Crippen molar-refractivity contribution in [2.24, 2.45) is 0 Å². The Morgan fingerprint density at radius 2 is 1.39 bits per heavy atom. The highest BCUT2D eigenvalue weighted by molar-refractivity contribution is 6.32. The summed E-state index contributed by atoms with van der Waals surface area (Å²) in [6, 6.07) is 30.4. The number of allylic oxidation sites excluding steroid dienone is 4. The van der Waals surface area contributed by atoms with Gasteiger partial charge < -0.3 is 4.42 Å². The summed E-state index contributed by atoms with van der Waals surface area (Å²) < 4.78 is 6.13. The van der Waals surface area contributed by atoms with Gasteiger partial charge in [-0.3, -0.25) is 0 Å². The molecule has 4 nitrogen and oxygen atoms in total. The molecule has 1 aliphatic rings. The second kappa shape index (κ2) is 9.40. The van der Waals surface area contributed by atoms with Crippen LogP contribution in [0.25, 0.3) is 61.4 Å². The van der Waals surface area contributed by atoms with Crippen molar-refractivity contribution in [1.82, 2.24) is 15.0 Å². The number of halogens is 1. The van der Waals surface area contributed by atoms with Crippen LogP contribution in [-0.2, 0) is 0 Å². The number of hydrogen-bond acceptors (Lipinski definition) is 4. The highest BCUT2D eigenvalue weighted by atomic mass is 35.5. The first-order valence-corrected chi connectivity index (χ1v) is 13.0. The SMILES string of the molecule is Clc1ccc2oc3cccc(-c4nc(C5=CCCC=C5)nc(-c5ccc(-c6ccccc6)cc5)n4)c3c2c1. The van der Waals surface area contributed by atoms with Gasteiger partial charge in [-0.15, -0.1) is 0 Å². The Kier molecular flexibility index (Phi) is 5.60. The molecule has 0 saturated carbocycles. The molecular formula is C33H22ClN3O. The van der Waals surface area contributed by atoms with Crippen molar-refractivity contribution < 1.29 is 4.42 Å². The lowest BCUT2D eigenvalue weighted by Crippen LogP contribution is -2.03. The molecule has 0 bridgehead atoms. The van der Waals surface area contributed by atoms with Crippen LogP contribution in [0.5, 0.6) is 0 Å². The van der Waals surface area contributed by atoms with Crippen molar-refractivity contribution in [3.05, 3.63) is 120 Å². The standard InChI is InChI=1S/C33H22ClN3O/c34-25-18-19-28-27(20-25)30-26(12-7-13-29(30)38-28)33-36-31(23-10-5-2-6-11-23)35-32(37-33)24-16-14-22(15-17-24)21-8-3-1-4-9-21/h1,3-5,7-20H,2,6H2. The summed E-state index contributed by atoms with van der Waals surface area (Å²) >= 11 is 6.37. The van der Waals surface area contributed by atoms with Gasteiger partial charge in [-0.2, -0.15) is 0 Å². The molecule has 5 heteroatoms. The van der Waals surface area contributed by atoms with Crippen LogP contribution in [-0.4, -0.2) is 15.0 Å². The average Bonchev–Trinajstić information content (AvgIpc) is 3.36. The zero-order chi connectivity index (χ0) is 25.5. The Labute approximate surface area is 225 Å². The molecule has 38 heavy (non-hydrogen) atoms. The molecule has 0 unspecified atom stereocenters. The molecule has 7 rings (SSSR count). The average molecular weight is 512 g/mol. The second-order valence-electron chi connectivity index (χ2n) is 9.31. The van der Waals surface area contributed by atoms with Crippen molar-refractivity contribution in [1.29, 1.82) is 0 Å². The highest BCUT2D eigenvalue weighted by Gasteiger charge is 2.18. The first-order valence-electron chi connectivity index (χ1n) is 12.6. The molecule has 0 radical (unpaired) electrons. The summed E-state index contributed by atoms with van der Waals surface area (Å²) in [5.41, 5.74) is 6.69. The number of aromatic nitrogens is 3. The van der Waals surface area contributed by atoms with E-state index in [0.29, 0.717) is 22.5 Å². The maximum atomic E-state index is 6.37. The van der Waals surface area contributed by atoms with Gasteiger partial charge in [-0.05, 0) is 48.2 Å². The lowest BCUT2D eigenvalue weighted by atomic mass is 10.0. The van der Waals surface area contributed by atoms with E-state index >= 15 is 0 Å². The number of rotatable bonds is 4. The molecule has 6 aromatic rings. The first-order chi connectivity index (χ1) is 18.7. The molecular weight excluding hydrogens is 490 g/mol. The Morgan fingerprint density at radius 1 is 0.632 bits per heavy atom. The van der Waals surface area contributed by atoms with Gasteiger partial charge in [-0.1, -0.05) is 96.6 Å². The molecule has 2 heterocycles. The van der Waals surface area contributed by atoms with Crippen LogP contribution in [0.3, 0.4) is 0 Å². The Balaban J connectivity index is 1.42. The molecule has 182 valence electrons. The summed E-state index contributed by atoms with van der Waals surface area (Å²) in [6.45, 7) is 0. The Bertz CT molecular complexity index is 1870. The fraction of sp³-hybridized carbons (Fsp3) is 0.0606. The molecule has 0 atom stereocenters. The third kappa shape index (κ3) is 4.09. The first kappa shape index (κ1) is 22.6. The van der Waals surface area contributed by atoms with Gasteiger partial charge in [0.1, 0.15) is 11.2 Å². The summed E-state index contributed by atoms with van der Waals surface area (Å²) in [4.78, 5) is 14.9. The molecule has 0 saturated heterocycles. The van der Waals surface area contributed by atoms with Crippen molar-refractivity contribution in [3.8, 4) is 33.9 Å². The fourth-order valence-corrected chi connectivity index (χ4v) is 5.13. The van der Waals surface area contributed by atoms with E-state index in [2.05, 4.69) is 54.6 Å². The van der Waals surface area contributed by atoms with Crippen LogP contribution < -0.4 is 0 Å². The lowest BCUT2D eigenvalue weighted by molar-refractivity contribution is 0.669. The molecule has 0 N–H and O–H groups in total. The van der Waals surface area contributed by atoms with Crippen molar-refractivity contribution in [2.45, 2.75) is 12.8 Å². The van der Waals surface area contributed by atoms with Gasteiger partial charge in [0.15, 0.2) is 17.5 Å². The van der Waals surface area contributed by atoms with E-state index in [1.165, 1.54) is 5.56 Å². The van der Waals surface area contributed by atoms with E-state index in [1.807, 2.05) is 54.6 Å². The van der Waals surface area contributed by atoms with E-state index in [0.717, 1.165) is 57.0 Å². The fourth-order valence-electron chi connectivity index (χ4n) is 4.96. The minimum atomic E-state index is 0.602. The quantitative estimate of drug-likeness (QED) is 0.237. The normalized spacial score (nSPS) is 13.2. The van der Waals surface area contributed by atoms with Crippen molar-refractivity contribution in [2.75, 3.05) is 0 Å². The van der Waals surface area contributed by atoms with Gasteiger partial charge >= 0.3 is 0 Å². The van der Waals surface area contributed by atoms with E-state index in [-0.39, 0.29) is 0 Å². The number of hydrogen-bond donors (Lipinski definition) is 0. The van der Waals surface area contributed by atoms with E-state index in [9.17, 15) is 0 Å². The van der Waals surface area contributed by atoms with Crippen LogP contribution in [0.1, 0.15) is 18.7 Å². The van der Waals surface area contributed by atoms with Crippen LogP contribution in [0.2, 0.25) is 5.02 Å². The number of furan rings is 1. The second-order valence-corrected chi connectivity index (χ2v) is 9.75. The summed E-state index contributed by atoms with van der Waals surface area (Å²) in [6.07, 6.45) is 8.44. The molecule has 0 aliphatic heterocycles. The van der Waals surface area contributed by atoms with Gasteiger partial charge in [0, 0.05) is 32.5 Å². The number of nitrogens with zero attached hydrogens (tertiary/aromatic N) is 3. The number of benzene rings is 4. The minimum Gasteiger partial charge on any atom is -0.456 e. The van der Waals surface area contributed by atoms with Crippen molar-refractivity contribution >= 4 is 39.1 Å². The summed E-state index contributed by atoms with van der Waals surface area (Å²) in [5.74, 6) is 1.90. The van der Waals surface area contributed by atoms with E-state index in [1.54, 1.807) is 0 Å². The van der Waals surface area contributed by atoms with Gasteiger partial charge in [-0.25, -0.2) is 15.0 Å². The maximum Gasteiger partial charge on any atom is 0.164 e.